The Balaban J connectivity index is 1.62. The van der Waals surface area contributed by atoms with Gasteiger partial charge in [0.15, 0.2) is 5.76 Å². The summed E-state index contributed by atoms with van der Waals surface area (Å²) in [6, 6.07) is 18.7. The Morgan fingerprint density at radius 1 is 1.03 bits per heavy atom. The normalized spacial score (nSPS) is 15.7. The van der Waals surface area contributed by atoms with Crippen LogP contribution in [0, 0.1) is 6.92 Å². The number of carbonyl (C=O) groups excluding carboxylic acids is 2. The summed E-state index contributed by atoms with van der Waals surface area (Å²) in [6.07, 6.45) is -4.57. The number of aryl methyl sites for hydroxylation is 1. The Bertz CT molecular complexity index is 1600. The van der Waals surface area contributed by atoms with Gasteiger partial charge in [-0.05, 0) is 48.9 Å². The molecule has 1 N–H and O–H groups in total. The molecule has 0 radical (unpaired) electrons. The highest BCUT2D eigenvalue weighted by atomic mass is 32.1. The molecule has 0 saturated carbocycles. The summed E-state index contributed by atoms with van der Waals surface area (Å²) in [5.41, 5.74) is 0.661. The monoisotopic (exact) mass is 550 g/mol. The van der Waals surface area contributed by atoms with Crippen molar-refractivity contribution in [3.63, 3.8) is 0 Å². The third kappa shape index (κ3) is 4.79. The zero-order valence-electron chi connectivity index (χ0n) is 20.7. The summed E-state index contributed by atoms with van der Waals surface area (Å²) in [5, 5.41) is 11.6. The van der Waals surface area contributed by atoms with Crippen LogP contribution in [0.2, 0.25) is 0 Å². The highest BCUT2D eigenvalue weighted by Gasteiger charge is 2.45. The number of aromatic nitrogens is 1. The maximum absolute atomic E-state index is 14.0. The van der Waals surface area contributed by atoms with Crippen molar-refractivity contribution in [1.29, 1.82) is 0 Å². The number of Topliss-reactive ketones (excluding diaryl/α,β-unsaturated/α-hetero) is 1. The highest BCUT2D eigenvalue weighted by Crippen LogP contribution is 2.44. The average molecular weight is 551 g/mol. The molecule has 0 saturated heterocycles. The van der Waals surface area contributed by atoms with Crippen LogP contribution in [0.25, 0.3) is 10.6 Å². The number of methoxy groups -OCH3 is 1. The Labute approximate surface area is 225 Å². The second kappa shape index (κ2) is 10.0. The number of hydrogen-bond acceptors (Lipinski definition) is 6. The fourth-order valence-corrected chi connectivity index (χ4v) is 5.50. The standard InChI is InChI=1S/C29H21F3N2O4S/c1-16-26(39-27(33-16)17-7-4-3-5-8-17)24(35)22-23(18-9-6-10-21(15-18)38-2)34(28(37)25(22)36)20-13-11-19(12-14-20)29(30,31)32/h3-15,23,36H,1-2H3. The molecule has 1 aliphatic rings. The molecule has 1 atom stereocenters. The Hall–Kier alpha value is -4.44. The van der Waals surface area contributed by atoms with Gasteiger partial charge in [0, 0.05) is 11.3 Å². The molecule has 0 fully saturated rings. The minimum Gasteiger partial charge on any atom is -0.503 e. The van der Waals surface area contributed by atoms with Gasteiger partial charge in [-0.25, -0.2) is 4.98 Å². The van der Waals surface area contributed by atoms with E-state index in [0.717, 1.165) is 46.1 Å². The van der Waals surface area contributed by atoms with E-state index in [1.54, 1.807) is 31.2 Å². The van der Waals surface area contributed by atoms with Gasteiger partial charge in [0.1, 0.15) is 10.8 Å². The molecule has 3 aromatic carbocycles. The Morgan fingerprint density at radius 2 is 1.72 bits per heavy atom. The highest BCUT2D eigenvalue weighted by molar-refractivity contribution is 7.17. The third-order valence-corrected chi connectivity index (χ3v) is 7.56. The van der Waals surface area contributed by atoms with Gasteiger partial charge in [0.05, 0.1) is 34.9 Å². The zero-order valence-corrected chi connectivity index (χ0v) is 21.5. The van der Waals surface area contributed by atoms with E-state index in [1.165, 1.54) is 7.11 Å². The number of benzene rings is 3. The van der Waals surface area contributed by atoms with Crippen LogP contribution in [-0.4, -0.2) is 28.9 Å². The second-order valence-corrected chi connectivity index (χ2v) is 9.79. The molecule has 4 aromatic rings. The fraction of sp³-hybridized carbons (Fsp3) is 0.138. The number of amides is 1. The molecular formula is C29H21F3N2O4S. The minimum absolute atomic E-state index is 0.0844. The predicted molar refractivity (Wildman–Crippen MR) is 141 cm³/mol. The SMILES string of the molecule is COc1cccc(C2C(C(=O)c3sc(-c4ccccc4)nc3C)=C(O)C(=O)N2c2ccc(C(F)(F)F)cc2)c1. The van der Waals surface area contributed by atoms with Crippen LogP contribution in [0.1, 0.15) is 32.5 Å². The average Bonchev–Trinajstić information content (AvgIpc) is 3.45. The van der Waals surface area contributed by atoms with Crippen LogP contribution in [0.3, 0.4) is 0 Å². The van der Waals surface area contributed by atoms with Gasteiger partial charge >= 0.3 is 6.18 Å². The maximum atomic E-state index is 14.0. The number of hydrogen-bond donors (Lipinski definition) is 1. The van der Waals surface area contributed by atoms with Crippen LogP contribution in [0.15, 0.2) is 90.2 Å². The number of aliphatic hydroxyl groups excluding tert-OH is 1. The van der Waals surface area contributed by atoms with Crippen LogP contribution < -0.4 is 9.64 Å². The molecule has 10 heteroatoms. The van der Waals surface area contributed by atoms with E-state index in [-0.39, 0.29) is 16.1 Å². The number of rotatable bonds is 6. The molecule has 0 bridgehead atoms. The quantitative estimate of drug-likeness (QED) is 0.264. The number of ketones is 1. The number of anilines is 1. The molecule has 2 heterocycles. The molecule has 1 unspecified atom stereocenters. The molecule has 5 rings (SSSR count). The second-order valence-electron chi connectivity index (χ2n) is 8.79. The summed E-state index contributed by atoms with van der Waals surface area (Å²) in [5.74, 6) is -1.84. The van der Waals surface area contributed by atoms with Gasteiger partial charge in [-0.2, -0.15) is 13.2 Å². The first kappa shape index (κ1) is 26.2. The van der Waals surface area contributed by atoms with Crippen molar-refractivity contribution in [2.24, 2.45) is 0 Å². The van der Waals surface area contributed by atoms with Crippen molar-refractivity contribution < 1.29 is 32.6 Å². The minimum atomic E-state index is -4.57. The van der Waals surface area contributed by atoms with Crippen molar-refractivity contribution in [2.75, 3.05) is 12.0 Å². The number of ether oxygens (including phenoxy) is 1. The summed E-state index contributed by atoms with van der Waals surface area (Å²) in [6.45, 7) is 1.67. The largest absolute Gasteiger partial charge is 0.503 e. The summed E-state index contributed by atoms with van der Waals surface area (Å²) >= 11 is 1.13. The first-order valence-corrected chi connectivity index (χ1v) is 12.6. The van der Waals surface area contributed by atoms with Gasteiger partial charge in [-0.1, -0.05) is 42.5 Å². The topological polar surface area (TPSA) is 79.7 Å². The number of aliphatic hydroxyl groups is 1. The lowest BCUT2D eigenvalue weighted by Crippen LogP contribution is -2.31. The van der Waals surface area contributed by atoms with Crippen molar-refractivity contribution >= 4 is 28.7 Å². The number of thiazole rings is 1. The summed E-state index contributed by atoms with van der Waals surface area (Å²) < 4.78 is 44.9. The molecule has 1 amide bonds. The molecule has 0 aliphatic carbocycles. The zero-order chi connectivity index (χ0) is 27.9. The van der Waals surface area contributed by atoms with E-state index in [0.29, 0.717) is 22.0 Å². The van der Waals surface area contributed by atoms with E-state index < -0.39 is 35.2 Å². The molecule has 1 aromatic heterocycles. The number of nitrogens with zero attached hydrogens (tertiary/aromatic N) is 2. The van der Waals surface area contributed by atoms with Gasteiger partial charge < -0.3 is 9.84 Å². The lowest BCUT2D eigenvalue weighted by Gasteiger charge is -2.27. The fourth-order valence-electron chi connectivity index (χ4n) is 4.48. The molecular weight excluding hydrogens is 529 g/mol. The van der Waals surface area contributed by atoms with E-state index in [1.807, 2.05) is 30.3 Å². The molecule has 1 aliphatic heterocycles. The first-order chi connectivity index (χ1) is 18.6. The predicted octanol–water partition coefficient (Wildman–Crippen LogP) is 6.93. The van der Waals surface area contributed by atoms with Crippen molar-refractivity contribution in [1.82, 2.24) is 4.98 Å². The van der Waals surface area contributed by atoms with Gasteiger partial charge in [-0.3, -0.25) is 14.5 Å². The summed E-state index contributed by atoms with van der Waals surface area (Å²) in [7, 11) is 1.46. The van der Waals surface area contributed by atoms with Gasteiger partial charge in [0.2, 0.25) is 5.78 Å². The Kier molecular flexibility index (Phi) is 6.73. The van der Waals surface area contributed by atoms with E-state index in [2.05, 4.69) is 4.98 Å². The maximum Gasteiger partial charge on any atom is 0.416 e. The van der Waals surface area contributed by atoms with E-state index in [9.17, 15) is 27.9 Å². The molecule has 6 nitrogen and oxygen atoms in total. The lowest BCUT2D eigenvalue weighted by atomic mass is 9.94. The number of carbonyl (C=O) groups is 2. The lowest BCUT2D eigenvalue weighted by molar-refractivity contribution is -0.137. The first-order valence-electron chi connectivity index (χ1n) is 11.8. The number of alkyl halides is 3. The van der Waals surface area contributed by atoms with Crippen LogP contribution >= 0.6 is 11.3 Å². The molecule has 0 spiro atoms. The van der Waals surface area contributed by atoms with E-state index >= 15 is 0 Å². The Morgan fingerprint density at radius 3 is 2.36 bits per heavy atom. The van der Waals surface area contributed by atoms with Crippen molar-refractivity contribution in [2.45, 2.75) is 19.1 Å². The van der Waals surface area contributed by atoms with Crippen molar-refractivity contribution in [3.05, 3.63) is 112 Å². The summed E-state index contributed by atoms with van der Waals surface area (Å²) in [4.78, 5) is 33.2. The van der Waals surface area contributed by atoms with Gasteiger partial charge in [0.25, 0.3) is 5.91 Å². The van der Waals surface area contributed by atoms with Crippen LogP contribution in [-0.2, 0) is 11.0 Å². The van der Waals surface area contributed by atoms with E-state index in [4.69, 9.17) is 4.74 Å². The number of halogens is 3. The molecule has 39 heavy (non-hydrogen) atoms. The smallest absolute Gasteiger partial charge is 0.416 e. The third-order valence-electron chi connectivity index (χ3n) is 6.36. The van der Waals surface area contributed by atoms with Crippen LogP contribution in [0.5, 0.6) is 5.75 Å². The van der Waals surface area contributed by atoms with Gasteiger partial charge in [-0.15, -0.1) is 11.3 Å². The van der Waals surface area contributed by atoms with Crippen LogP contribution in [0.4, 0.5) is 18.9 Å². The molecule has 198 valence electrons. The van der Waals surface area contributed by atoms with Crippen molar-refractivity contribution in [3.8, 4) is 16.3 Å².